The van der Waals surface area contributed by atoms with Crippen molar-refractivity contribution in [3.8, 4) is 0 Å². The van der Waals surface area contributed by atoms with Crippen LogP contribution in [0.15, 0.2) is 12.3 Å². The molecule has 0 radical (unpaired) electrons. The Morgan fingerprint density at radius 1 is 1.18 bits per heavy atom. The lowest BCUT2D eigenvalue weighted by Gasteiger charge is -2.42. The highest BCUT2D eigenvalue weighted by atomic mass is 16.6. The maximum absolute atomic E-state index is 13.2. The quantitative estimate of drug-likeness (QED) is 0.388. The van der Waals surface area contributed by atoms with Crippen LogP contribution in [0.5, 0.6) is 0 Å². The second-order valence-corrected chi connectivity index (χ2v) is 13.6. The minimum Gasteiger partial charge on any atom is -0.444 e. The van der Waals surface area contributed by atoms with Gasteiger partial charge in [0.15, 0.2) is 11.4 Å². The highest BCUT2D eigenvalue weighted by molar-refractivity contribution is 5.95. The number of rotatable bonds is 7. The van der Waals surface area contributed by atoms with E-state index in [2.05, 4.69) is 31.8 Å². The van der Waals surface area contributed by atoms with Crippen molar-refractivity contribution in [3.63, 3.8) is 0 Å². The van der Waals surface area contributed by atoms with Gasteiger partial charge in [0.2, 0.25) is 0 Å². The standard InChI is InChI=1S/C30H46N4O4/c1-28(2,3)25-16-21-26(33(25)9)32-22(17-31-21)24(35)15-11-14-20(19-12-10-13-19)23-18-37-30(7,8)34(23)27(36)38-29(4,5)6/h16-17,19-20,23H,10-15,18H2,1-9H3/t20-,23-/m0/s1. The topological polar surface area (TPSA) is 86.6 Å². The molecule has 1 saturated heterocycles. The number of fused-ring (bicyclic) bond motifs is 1. The van der Waals surface area contributed by atoms with Gasteiger partial charge in [-0.1, -0.05) is 40.0 Å². The molecule has 2 aliphatic rings. The lowest BCUT2D eigenvalue weighted by molar-refractivity contribution is -0.0667. The molecule has 2 fully saturated rings. The summed E-state index contributed by atoms with van der Waals surface area (Å²) in [5.74, 6) is 0.812. The van der Waals surface area contributed by atoms with Crippen molar-refractivity contribution in [3.05, 3.63) is 23.7 Å². The number of Topliss-reactive ketones (excluding diaryl/α,β-unsaturated/α-hetero) is 1. The number of carbonyl (C=O) groups is 2. The summed E-state index contributed by atoms with van der Waals surface area (Å²) in [6.45, 7) is 16.5. The van der Waals surface area contributed by atoms with Crippen molar-refractivity contribution >= 4 is 23.0 Å². The van der Waals surface area contributed by atoms with E-state index >= 15 is 0 Å². The largest absolute Gasteiger partial charge is 0.444 e. The number of hydrogen-bond acceptors (Lipinski definition) is 6. The number of ketones is 1. The average Bonchev–Trinajstić information content (AvgIpc) is 3.26. The van der Waals surface area contributed by atoms with Gasteiger partial charge in [0, 0.05) is 24.6 Å². The third kappa shape index (κ3) is 5.90. The van der Waals surface area contributed by atoms with Crippen LogP contribution >= 0.6 is 0 Å². The molecule has 1 aliphatic carbocycles. The van der Waals surface area contributed by atoms with Gasteiger partial charge in [0.05, 0.1) is 18.8 Å². The van der Waals surface area contributed by atoms with Crippen LogP contribution in [0.25, 0.3) is 11.2 Å². The second kappa shape index (κ2) is 10.2. The molecule has 2 atom stereocenters. The van der Waals surface area contributed by atoms with Gasteiger partial charge in [0.25, 0.3) is 0 Å². The van der Waals surface area contributed by atoms with Crippen molar-refractivity contribution < 1.29 is 19.1 Å². The number of amides is 1. The summed E-state index contributed by atoms with van der Waals surface area (Å²) in [6, 6.07) is 2.00. The van der Waals surface area contributed by atoms with Crippen molar-refractivity contribution in [2.45, 2.75) is 117 Å². The average molecular weight is 527 g/mol. The first-order valence-corrected chi connectivity index (χ1v) is 14.1. The van der Waals surface area contributed by atoms with E-state index in [1.54, 1.807) is 6.20 Å². The van der Waals surface area contributed by atoms with Gasteiger partial charge in [-0.2, -0.15) is 0 Å². The summed E-state index contributed by atoms with van der Waals surface area (Å²) in [7, 11) is 1.98. The molecule has 8 heteroatoms. The lowest BCUT2D eigenvalue weighted by atomic mass is 9.70. The molecule has 1 aliphatic heterocycles. The fourth-order valence-corrected chi connectivity index (χ4v) is 5.98. The zero-order valence-electron chi connectivity index (χ0n) is 24.8. The molecule has 38 heavy (non-hydrogen) atoms. The van der Waals surface area contributed by atoms with E-state index < -0.39 is 11.3 Å². The number of hydrogen-bond donors (Lipinski definition) is 0. The fraction of sp³-hybridized carbons (Fsp3) is 0.733. The Kier molecular flexibility index (Phi) is 7.69. The molecular weight excluding hydrogens is 480 g/mol. The Morgan fingerprint density at radius 3 is 2.45 bits per heavy atom. The molecule has 210 valence electrons. The summed E-state index contributed by atoms with van der Waals surface area (Å²) >= 11 is 0. The lowest BCUT2D eigenvalue weighted by Crippen LogP contribution is -2.53. The van der Waals surface area contributed by atoms with Crippen LogP contribution in [0.4, 0.5) is 4.79 Å². The first-order valence-electron chi connectivity index (χ1n) is 14.1. The van der Waals surface area contributed by atoms with Crippen LogP contribution < -0.4 is 0 Å². The zero-order chi connectivity index (χ0) is 28.0. The third-order valence-electron chi connectivity index (χ3n) is 8.09. The smallest absolute Gasteiger partial charge is 0.412 e. The second-order valence-electron chi connectivity index (χ2n) is 13.6. The fourth-order valence-electron chi connectivity index (χ4n) is 5.98. The van der Waals surface area contributed by atoms with E-state index in [9.17, 15) is 9.59 Å². The molecule has 3 heterocycles. The van der Waals surface area contributed by atoms with E-state index in [1.807, 2.05) is 51.1 Å². The number of aromatic nitrogens is 3. The molecule has 2 aromatic heterocycles. The molecule has 4 rings (SSSR count). The van der Waals surface area contributed by atoms with Gasteiger partial charge >= 0.3 is 6.09 Å². The highest BCUT2D eigenvalue weighted by Gasteiger charge is 2.50. The van der Waals surface area contributed by atoms with Gasteiger partial charge in [-0.15, -0.1) is 0 Å². The number of nitrogens with zero attached hydrogens (tertiary/aromatic N) is 4. The van der Waals surface area contributed by atoms with Crippen molar-refractivity contribution in [1.29, 1.82) is 0 Å². The van der Waals surface area contributed by atoms with Crippen LogP contribution in [0.3, 0.4) is 0 Å². The van der Waals surface area contributed by atoms with E-state index in [0.29, 0.717) is 24.6 Å². The minimum atomic E-state index is -0.725. The summed E-state index contributed by atoms with van der Waals surface area (Å²) in [4.78, 5) is 37.5. The van der Waals surface area contributed by atoms with Crippen LogP contribution in [-0.2, 0) is 21.9 Å². The first-order chi connectivity index (χ1) is 17.6. The Labute approximate surface area is 227 Å². The number of ether oxygens (including phenoxy) is 2. The monoisotopic (exact) mass is 526 g/mol. The molecule has 0 bridgehead atoms. The minimum absolute atomic E-state index is 0.0114. The van der Waals surface area contributed by atoms with Gasteiger partial charge in [-0.05, 0) is 65.4 Å². The van der Waals surface area contributed by atoms with Crippen molar-refractivity contribution in [2.24, 2.45) is 18.9 Å². The van der Waals surface area contributed by atoms with E-state index in [0.717, 1.165) is 42.5 Å². The van der Waals surface area contributed by atoms with Crippen molar-refractivity contribution in [1.82, 2.24) is 19.4 Å². The predicted octanol–water partition coefficient (Wildman–Crippen LogP) is 6.41. The van der Waals surface area contributed by atoms with Gasteiger partial charge in [0.1, 0.15) is 22.5 Å². The van der Waals surface area contributed by atoms with Crippen LogP contribution in [0, 0.1) is 11.8 Å². The normalized spacial score (nSPS) is 21.0. The van der Waals surface area contributed by atoms with Crippen LogP contribution in [0.2, 0.25) is 0 Å². The number of aryl methyl sites for hydroxylation is 1. The summed E-state index contributed by atoms with van der Waals surface area (Å²) < 4.78 is 13.9. The Bertz CT molecular complexity index is 1180. The predicted molar refractivity (Wildman–Crippen MR) is 148 cm³/mol. The summed E-state index contributed by atoms with van der Waals surface area (Å²) in [6.07, 6.45) is 6.80. The third-order valence-corrected chi connectivity index (χ3v) is 8.09. The number of carbonyl (C=O) groups excluding carboxylic acids is 2. The van der Waals surface area contributed by atoms with Gasteiger partial charge in [-0.3, -0.25) is 14.7 Å². The molecule has 2 aromatic rings. The van der Waals surface area contributed by atoms with Crippen LogP contribution in [0.1, 0.15) is 110 Å². The van der Waals surface area contributed by atoms with E-state index in [-0.39, 0.29) is 29.3 Å². The SMILES string of the molecule is Cn1c(C(C)(C)C)cc2ncc(C(=O)CCC[C@@H](C3CCC3)[C@@H]3COC(C)(C)N3C(=O)OC(C)(C)C)nc21. The molecule has 1 amide bonds. The highest BCUT2D eigenvalue weighted by Crippen LogP contribution is 2.43. The molecule has 0 spiro atoms. The molecule has 0 unspecified atom stereocenters. The Morgan fingerprint density at radius 2 is 1.87 bits per heavy atom. The maximum atomic E-state index is 13.2. The Balaban J connectivity index is 1.46. The summed E-state index contributed by atoms with van der Waals surface area (Å²) in [5, 5.41) is 0. The molecule has 1 saturated carbocycles. The molecule has 0 aromatic carbocycles. The molecule has 8 nitrogen and oxygen atoms in total. The Hall–Kier alpha value is -2.48. The molecular formula is C30H46N4O4. The van der Waals surface area contributed by atoms with E-state index in [1.165, 1.54) is 6.42 Å². The van der Waals surface area contributed by atoms with Gasteiger partial charge < -0.3 is 14.0 Å². The summed E-state index contributed by atoms with van der Waals surface area (Å²) in [5.41, 5.74) is 1.76. The van der Waals surface area contributed by atoms with Gasteiger partial charge in [-0.25, -0.2) is 9.78 Å². The zero-order valence-corrected chi connectivity index (χ0v) is 24.8. The van der Waals surface area contributed by atoms with Crippen molar-refractivity contribution in [2.75, 3.05) is 6.61 Å². The maximum Gasteiger partial charge on any atom is 0.412 e. The van der Waals surface area contributed by atoms with Crippen LogP contribution in [-0.4, -0.2) is 55.3 Å². The van der Waals surface area contributed by atoms with E-state index in [4.69, 9.17) is 14.5 Å². The molecule has 0 N–H and O–H groups in total. The first kappa shape index (κ1) is 28.5.